The number of hydrogen-bond acceptors (Lipinski definition) is 10. The fourth-order valence-corrected chi connectivity index (χ4v) is 3.79. The number of nitrogens with one attached hydrogen (secondary N) is 1. The van der Waals surface area contributed by atoms with Crippen molar-refractivity contribution in [2.75, 3.05) is 24.2 Å². The Kier molecular flexibility index (Phi) is 3.51. The second-order valence-electron chi connectivity index (χ2n) is 7.38. The smallest absolute Gasteiger partial charge is 0.191 e. The third-order valence-electron chi connectivity index (χ3n) is 4.89. The van der Waals surface area contributed by atoms with Gasteiger partial charge in [0.1, 0.15) is 18.0 Å². The van der Waals surface area contributed by atoms with Gasteiger partial charge in [0.15, 0.2) is 22.1 Å². The highest BCUT2D eigenvalue weighted by atomic mass is 32.2. The lowest BCUT2D eigenvalue weighted by molar-refractivity contribution is -0.0629. The molecule has 0 amide bonds. The van der Waals surface area contributed by atoms with Gasteiger partial charge >= 0.3 is 0 Å². The molecule has 4 N–H and O–H groups in total. The Balaban J connectivity index is 1.74. The molecular formula is C24H31FN6O4S. The van der Waals surface area contributed by atoms with Crippen LogP contribution in [0.2, 0.25) is 0 Å². The molecule has 0 bridgehead atoms. The minimum atomic E-state index is -4.40. The van der Waals surface area contributed by atoms with E-state index in [0.717, 1.165) is 18.7 Å². The molecular weight excluding hydrogens is 487 g/mol. The Bertz CT molecular complexity index is 1990. The third kappa shape index (κ3) is 4.92. The van der Waals surface area contributed by atoms with Crippen LogP contribution in [-0.2, 0) is 4.74 Å². The molecule has 1 aromatic carbocycles. The van der Waals surface area contributed by atoms with Gasteiger partial charge in [-0.15, -0.1) is 5.10 Å². The van der Waals surface area contributed by atoms with Crippen LogP contribution in [0.1, 0.15) is 72.4 Å². The fourth-order valence-electron chi connectivity index (χ4n) is 3.10. The number of fused-ring (bicyclic) bond motifs is 1. The van der Waals surface area contributed by atoms with Crippen LogP contribution in [0.15, 0.2) is 23.3 Å². The maximum Gasteiger partial charge on any atom is 0.191 e. The van der Waals surface area contributed by atoms with Crippen molar-refractivity contribution in [3.63, 3.8) is 0 Å². The first-order chi connectivity index (χ1) is 23.7. The van der Waals surface area contributed by atoms with Gasteiger partial charge < -0.3 is 25.4 Å². The molecule has 10 nitrogen and oxygen atoms in total. The monoisotopic (exact) mass is 535 g/mol. The molecule has 0 unspecified atom stereocenters. The summed E-state index contributed by atoms with van der Waals surface area (Å²) in [6, 6.07) is -9.77. The molecule has 0 spiro atoms. The number of anilines is 1. The van der Waals surface area contributed by atoms with Gasteiger partial charge in [-0.05, 0) is 36.9 Å². The van der Waals surface area contributed by atoms with Gasteiger partial charge in [-0.1, -0.05) is 36.0 Å². The van der Waals surface area contributed by atoms with Gasteiger partial charge in [-0.3, -0.25) is 0 Å². The Morgan fingerprint density at radius 3 is 2.97 bits per heavy atom. The van der Waals surface area contributed by atoms with E-state index in [9.17, 15) is 19.7 Å². The van der Waals surface area contributed by atoms with Crippen LogP contribution in [0, 0.1) is 12.7 Å². The second-order valence-corrected chi connectivity index (χ2v) is 8.44. The highest BCUT2D eigenvalue weighted by molar-refractivity contribution is 7.99. The molecule has 2 heterocycles. The number of nitrogens with zero attached hydrogens (tertiary/aromatic N) is 5. The van der Waals surface area contributed by atoms with E-state index < -0.39 is 114 Å². The molecule has 0 radical (unpaired) electrons. The average molecular weight is 536 g/mol. The van der Waals surface area contributed by atoms with E-state index >= 15 is 0 Å². The molecule has 2 aliphatic carbocycles. The third-order valence-corrected chi connectivity index (χ3v) is 5.94. The molecule has 0 aliphatic heterocycles. The van der Waals surface area contributed by atoms with Crippen molar-refractivity contribution in [1.29, 1.82) is 0 Å². The zero-order valence-corrected chi connectivity index (χ0v) is 19.5. The first-order valence-electron chi connectivity index (χ1n) is 18.9. The van der Waals surface area contributed by atoms with E-state index in [0.29, 0.717) is 6.42 Å². The van der Waals surface area contributed by atoms with E-state index in [1.54, 1.807) is 6.92 Å². The van der Waals surface area contributed by atoms with Crippen molar-refractivity contribution in [2.45, 2.75) is 74.3 Å². The van der Waals surface area contributed by atoms with Crippen molar-refractivity contribution in [3.05, 3.63) is 35.1 Å². The number of ether oxygens (including phenoxy) is 1. The van der Waals surface area contributed by atoms with Gasteiger partial charge in [0.25, 0.3) is 0 Å². The van der Waals surface area contributed by atoms with Gasteiger partial charge in [0.2, 0.25) is 0 Å². The summed E-state index contributed by atoms with van der Waals surface area (Å²) in [5.74, 6) is -4.75. The average Bonchev–Trinajstić information content (AvgIpc) is 3.31. The predicted octanol–water partition coefficient (Wildman–Crippen LogP) is 2.18. The maximum absolute atomic E-state index is 15.0. The Morgan fingerprint density at radius 1 is 1.36 bits per heavy atom. The lowest BCUT2D eigenvalue weighted by atomic mass is 10.1. The van der Waals surface area contributed by atoms with E-state index in [4.69, 9.17) is 23.3 Å². The van der Waals surface area contributed by atoms with Gasteiger partial charge in [0.05, 0.1) is 41.7 Å². The van der Waals surface area contributed by atoms with Crippen LogP contribution >= 0.6 is 11.8 Å². The minimum Gasteiger partial charge on any atom is -0.394 e. The van der Waals surface area contributed by atoms with Gasteiger partial charge in [-0.25, -0.2) is 19.0 Å². The van der Waals surface area contributed by atoms with Crippen molar-refractivity contribution in [3.8, 4) is 0 Å². The summed E-state index contributed by atoms with van der Waals surface area (Å²) in [5.41, 5.74) is -2.95. The SMILES string of the molecule is [2H]c1c([2H])c([C@]2([2H])C([2H])([2H])[C@@]2([2H])Nc2nc(SCCC)nc3c2nnn3[C@]2([2H])C([2H])([2H])[C@]([2H])(OC([2H])([2H])C([2H])([2H])O)[C@@]([2H])(O)[C@@]2([2H])O)c([2H])c(F)c1C. The molecule has 0 saturated heterocycles. The van der Waals surface area contributed by atoms with Crippen molar-refractivity contribution in [2.24, 2.45) is 0 Å². The lowest BCUT2D eigenvalue weighted by Gasteiger charge is -2.17. The van der Waals surface area contributed by atoms with Crippen LogP contribution in [0.25, 0.3) is 11.2 Å². The molecule has 2 fully saturated rings. The Hall–Kier alpha value is -2.38. The van der Waals surface area contributed by atoms with Crippen molar-refractivity contribution in [1.82, 2.24) is 25.0 Å². The highest BCUT2D eigenvalue weighted by Crippen LogP contribution is 2.44. The predicted molar refractivity (Wildman–Crippen MR) is 133 cm³/mol. The van der Waals surface area contributed by atoms with Gasteiger partial charge in [0, 0.05) is 30.9 Å². The summed E-state index contributed by atoms with van der Waals surface area (Å²) < 4.78 is 161. The van der Waals surface area contributed by atoms with E-state index in [1.165, 1.54) is 0 Å². The number of aliphatic hydroxyl groups is 3. The highest BCUT2D eigenvalue weighted by Gasteiger charge is 2.45. The molecule has 12 heteroatoms. The topological polar surface area (TPSA) is 138 Å². The first-order valence-corrected chi connectivity index (χ1v) is 11.4. The summed E-state index contributed by atoms with van der Waals surface area (Å²) in [4.78, 5) is 8.29. The normalized spacial score (nSPS) is 50.3. The largest absolute Gasteiger partial charge is 0.394 e. The summed E-state index contributed by atoms with van der Waals surface area (Å²) >= 11 is 0.867. The summed E-state index contributed by atoms with van der Waals surface area (Å²) in [6.45, 7) is -5.33. The van der Waals surface area contributed by atoms with E-state index in [-0.39, 0.29) is 15.6 Å². The zero-order valence-electron chi connectivity index (χ0n) is 35.7. The quantitative estimate of drug-likeness (QED) is 0.226. The number of hydrogen-bond donors (Lipinski definition) is 4. The number of halogens is 1. The Labute approximate surface area is 236 Å². The van der Waals surface area contributed by atoms with Crippen LogP contribution in [0.4, 0.5) is 10.2 Å². The molecule has 2 aromatic heterocycles. The number of thioether (sulfide) groups is 1. The minimum absolute atomic E-state index is 0.00183. The number of rotatable bonds is 10. The number of aromatic nitrogens is 5. The lowest BCUT2D eigenvalue weighted by Crippen LogP contribution is -2.33. The molecule has 36 heavy (non-hydrogen) atoms. The molecule has 2 aliphatic rings. The molecule has 6 atom stereocenters. The number of benzene rings is 1. The summed E-state index contributed by atoms with van der Waals surface area (Å²) in [6.07, 6.45) is -19.8. The van der Waals surface area contributed by atoms with Crippen LogP contribution in [0.5, 0.6) is 0 Å². The van der Waals surface area contributed by atoms with Crippen molar-refractivity contribution >= 4 is 28.7 Å². The molecule has 194 valence electrons. The summed E-state index contributed by atoms with van der Waals surface area (Å²) in [5, 5.41) is 41.3. The zero-order chi connectivity index (χ0) is 40.7. The van der Waals surface area contributed by atoms with Gasteiger partial charge in [-0.2, -0.15) is 0 Å². The van der Waals surface area contributed by atoms with Crippen LogP contribution < -0.4 is 5.32 Å². The Morgan fingerprint density at radius 2 is 2.19 bits per heavy atom. The van der Waals surface area contributed by atoms with Crippen LogP contribution in [0.3, 0.4) is 0 Å². The van der Waals surface area contributed by atoms with Crippen LogP contribution in [-0.4, -0.2) is 83.4 Å². The van der Waals surface area contributed by atoms with E-state index in [1.807, 2.05) is 0 Å². The van der Waals surface area contributed by atoms with E-state index in [2.05, 4.69) is 30.3 Å². The molecule has 2 saturated carbocycles. The summed E-state index contributed by atoms with van der Waals surface area (Å²) in [7, 11) is 0. The molecule has 3 aromatic rings. The van der Waals surface area contributed by atoms with Crippen molar-refractivity contribution < 1.29 is 47.7 Å². The second kappa shape index (κ2) is 10.5. The standard InChI is InChI=1S/C24H31FN6O4S/c1-3-8-36-24-27-22(26-16-10-14(16)13-5-4-12(2)15(25)9-13)19-23(28-24)31(30-29-19)17-11-18(35-7-6-32)21(34)20(17)33/h4-5,9,14,16-18,20-21,32-34H,3,6-8,10-11H2,1-2H3,(H,26,27,28)/t14-,16+,17+,18-,20-,21+/m0/s1/i4D,5D,6D2,7D2,9D,10D2,11D2,14D,16D,17D,18D,20D,21D. The first kappa shape index (κ1) is 12.0. The maximum atomic E-state index is 15.0. The fraction of sp³-hybridized carbons (Fsp3) is 0.583. The molecule has 5 rings (SSSR count).